The lowest BCUT2D eigenvalue weighted by Gasteiger charge is -2.21. The number of nitrogens with one attached hydrogen (secondary N) is 1. The van der Waals surface area contributed by atoms with Crippen molar-refractivity contribution in [2.24, 2.45) is 0 Å². The molecule has 2 rings (SSSR count). The van der Waals surface area contributed by atoms with E-state index >= 15 is 0 Å². The fraction of sp³-hybridized carbons (Fsp3) is 0.500. The third-order valence-corrected chi connectivity index (χ3v) is 2.60. The normalized spacial score (nSPS) is 10.9. The lowest BCUT2D eigenvalue weighted by atomic mass is 10.4. The van der Waals surface area contributed by atoms with E-state index in [1.807, 2.05) is 11.0 Å². The Morgan fingerprint density at radius 1 is 1.47 bits per heavy atom. The summed E-state index contributed by atoms with van der Waals surface area (Å²) in [6.07, 6.45) is 0.997. The molecule has 2 aromatic heterocycles. The Bertz CT molecular complexity index is 543. The molecular weight excluding hydrogens is 242 g/mol. The first-order valence-corrected chi connectivity index (χ1v) is 6.05. The van der Waals surface area contributed by atoms with Gasteiger partial charge in [-0.3, -0.25) is 0 Å². The number of rotatable bonds is 5. The van der Waals surface area contributed by atoms with Crippen LogP contribution in [0.4, 0.5) is 5.82 Å². The number of fused-ring (bicyclic) bond motifs is 1. The van der Waals surface area contributed by atoms with Gasteiger partial charge in [0.25, 0.3) is 0 Å². The summed E-state index contributed by atoms with van der Waals surface area (Å²) in [4.78, 5) is 13.5. The number of anilines is 1. The van der Waals surface area contributed by atoms with Crippen LogP contribution in [0.25, 0.3) is 5.65 Å². The van der Waals surface area contributed by atoms with Crippen LogP contribution in [0.5, 0.6) is 0 Å². The van der Waals surface area contributed by atoms with Gasteiger partial charge in [0.15, 0.2) is 5.65 Å². The van der Waals surface area contributed by atoms with Gasteiger partial charge in [0, 0.05) is 19.0 Å². The van der Waals surface area contributed by atoms with E-state index in [2.05, 4.69) is 22.2 Å². The van der Waals surface area contributed by atoms with Crippen molar-refractivity contribution in [1.29, 1.82) is 0 Å². The Morgan fingerprint density at radius 3 is 3.00 bits per heavy atom. The predicted molar refractivity (Wildman–Crippen MR) is 66.8 cm³/mol. The first-order chi connectivity index (χ1) is 8.26. The van der Waals surface area contributed by atoms with Crippen molar-refractivity contribution in [3.63, 3.8) is 0 Å². The second-order valence-electron chi connectivity index (χ2n) is 3.67. The molecule has 0 spiro atoms. The molecule has 17 heavy (non-hydrogen) atoms. The van der Waals surface area contributed by atoms with E-state index in [1.165, 1.54) is 4.52 Å². The first kappa shape index (κ1) is 11.9. The maximum atomic E-state index is 11.4. The molecule has 0 aromatic carbocycles. The van der Waals surface area contributed by atoms with Gasteiger partial charge >= 0.3 is 5.69 Å². The number of halogens is 1. The van der Waals surface area contributed by atoms with Gasteiger partial charge in [-0.1, -0.05) is 6.92 Å². The van der Waals surface area contributed by atoms with Gasteiger partial charge in [-0.05, 0) is 18.6 Å². The van der Waals surface area contributed by atoms with E-state index in [1.54, 1.807) is 6.07 Å². The number of aromatic nitrogens is 4. The fourth-order valence-corrected chi connectivity index (χ4v) is 1.88. The van der Waals surface area contributed by atoms with E-state index in [4.69, 9.17) is 11.6 Å². The minimum Gasteiger partial charge on any atom is -0.354 e. The highest BCUT2D eigenvalue weighted by molar-refractivity contribution is 6.18. The summed E-state index contributed by atoms with van der Waals surface area (Å²) in [7, 11) is 0. The Labute approximate surface area is 103 Å². The Kier molecular flexibility index (Phi) is 3.63. The van der Waals surface area contributed by atoms with E-state index in [-0.39, 0.29) is 5.69 Å². The highest BCUT2D eigenvalue weighted by Crippen LogP contribution is 2.10. The first-order valence-electron chi connectivity index (χ1n) is 5.51. The molecule has 0 bridgehead atoms. The van der Waals surface area contributed by atoms with Gasteiger partial charge in [0.05, 0.1) is 0 Å². The summed E-state index contributed by atoms with van der Waals surface area (Å²) in [6, 6.07) is 3.61. The van der Waals surface area contributed by atoms with E-state index in [0.29, 0.717) is 18.1 Å². The van der Waals surface area contributed by atoms with E-state index < -0.39 is 0 Å². The van der Waals surface area contributed by atoms with Gasteiger partial charge in [-0.25, -0.2) is 9.89 Å². The maximum absolute atomic E-state index is 11.4. The number of H-pyrrole nitrogens is 1. The summed E-state index contributed by atoms with van der Waals surface area (Å²) >= 11 is 5.75. The third kappa shape index (κ3) is 2.41. The Balaban J connectivity index is 2.38. The van der Waals surface area contributed by atoms with Crippen LogP contribution in [0.2, 0.25) is 0 Å². The standard InChI is InChI=1S/C10H14ClN5O/c1-2-6-15(7-5-11)9-4-3-8-12-13-10(17)16(8)14-9/h3-4H,2,5-7H2,1H3,(H,13,17). The fourth-order valence-electron chi connectivity index (χ4n) is 1.67. The summed E-state index contributed by atoms with van der Waals surface area (Å²) in [5.41, 5.74) is 0.185. The lowest BCUT2D eigenvalue weighted by Crippen LogP contribution is -2.28. The topological polar surface area (TPSA) is 66.3 Å². The molecule has 92 valence electrons. The smallest absolute Gasteiger partial charge is 0.354 e. The molecule has 0 aliphatic carbocycles. The van der Waals surface area contributed by atoms with Crippen molar-refractivity contribution in [2.45, 2.75) is 13.3 Å². The van der Waals surface area contributed by atoms with Gasteiger partial charge in [0.1, 0.15) is 5.82 Å². The average Bonchev–Trinajstić information content (AvgIpc) is 2.71. The maximum Gasteiger partial charge on any atom is 0.364 e. The summed E-state index contributed by atoms with van der Waals surface area (Å²) < 4.78 is 1.26. The molecule has 0 unspecified atom stereocenters. The van der Waals surface area contributed by atoms with Gasteiger partial charge < -0.3 is 4.90 Å². The number of aromatic amines is 1. The van der Waals surface area contributed by atoms with Crippen LogP contribution in [0.15, 0.2) is 16.9 Å². The second kappa shape index (κ2) is 5.18. The molecule has 6 nitrogen and oxygen atoms in total. The zero-order valence-corrected chi connectivity index (χ0v) is 10.3. The highest BCUT2D eigenvalue weighted by atomic mass is 35.5. The van der Waals surface area contributed by atoms with Crippen molar-refractivity contribution in [2.75, 3.05) is 23.9 Å². The molecule has 0 aliphatic rings. The lowest BCUT2D eigenvalue weighted by molar-refractivity contribution is 0.754. The van der Waals surface area contributed by atoms with Crippen LogP contribution in [0.3, 0.4) is 0 Å². The van der Waals surface area contributed by atoms with Crippen LogP contribution in [-0.4, -0.2) is 38.8 Å². The van der Waals surface area contributed by atoms with Crippen molar-refractivity contribution in [3.05, 3.63) is 22.6 Å². The van der Waals surface area contributed by atoms with Crippen molar-refractivity contribution >= 4 is 23.1 Å². The molecule has 0 saturated heterocycles. The van der Waals surface area contributed by atoms with Crippen LogP contribution >= 0.6 is 11.6 Å². The summed E-state index contributed by atoms with van der Waals surface area (Å²) in [5, 5.41) is 10.4. The molecular formula is C10H14ClN5O. The Hall–Kier alpha value is -1.56. The molecule has 0 radical (unpaired) electrons. The van der Waals surface area contributed by atoms with Crippen LogP contribution in [0.1, 0.15) is 13.3 Å². The summed E-state index contributed by atoms with van der Waals surface area (Å²) in [5.74, 6) is 1.27. The molecule has 2 aromatic rings. The van der Waals surface area contributed by atoms with Crippen LogP contribution < -0.4 is 10.6 Å². The molecule has 0 fully saturated rings. The molecule has 7 heteroatoms. The van der Waals surface area contributed by atoms with Gasteiger partial charge in [0.2, 0.25) is 0 Å². The minimum absolute atomic E-state index is 0.329. The second-order valence-corrected chi connectivity index (χ2v) is 4.04. The Morgan fingerprint density at radius 2 is 2.29 bits per heavy atom. The van der Waals surface area contributed by atoms with Gasteiger partial charge in [-0.2, -0.15) is 9.61 Å². The van der Waals surface area contributed by atoms with Gasteiger partial charge in [-0.15, -0.1) is 16.7 Å². The molecule has 0 amide bonds. The monoisotopic (exact) mass is 255 g/mol. The van der Waals surface area contributed by atoms with Crippen LogP contribution in [0, 0.1) is 0 Å². The quantitative estimate of drug-likeness (QED) is 0.806. The predicted octanol–water partition coefficient (Wildman–Crippen LogP) is 0.873. The zero-order chi connectivity index (χ0) is 12.3. The SMILES string of the molecule is CCCN(CCCl)c1ccc2n[nH]c(=O)n2n1. The number of alkyl halides is 1. The number of hydrogen-bond acceptors (Lipinski definition) is 4. The molecule has 2 heterocycles. The molecule has 0 saturated carbocycles. The minimum atomic E-state index is -0.329. The average molecular weight is 256 g/mol. The highest BCUT2D eigenvalue weighted by Gasteiger charge is 2.09. The van der Waals surface area contributed by atoms with Crippen molar-refractivity contribution in [3.8, 4) is 0 Å². The van der Waals surface area contributed by atoms with Crippen molar-refractivity contribution < 1.29 is 0 Å². The summed E-state index contributed by atoms with van der Waals surface area (Å²) in [6.45, 7) is 3.65. The molecule has 0 atom stereocenters. The zero-order valence-electron chi connectivity index (χ0n) is 9.56. The third-order valence-electron chi connectivity index (χ3n) is 2.43. The van der Waals surface area contributed by atoms with Crippen LogP contribution in [-0.2, 0) is 0 Å². The van der Waals surface area contributed by atoms with Crippen molar-refractivity contribution in [1.82, 2.24) is 19.8 Å². The number of nitrogens with zero attached hydrogens (tertiary/aromatic N) is 4. The molecule has 0 aliphatic heterocycles. The largest absolute Gasteiger partial charge is 0.364 e. The van der Waals surface area contributed by atoms with E-state index in [0.717, 1.165) is 18.8 Å². The molecule has 1 N–H and O–H groups in total. The number of hydrogen-bond donors (Lipinski definition) is 1. The van der Waals surface area contributed by atoms with E-state index in [9.17, 15) is 4.79 Å².